The molecule has 4 aromatic rings. The summed E-state index contributed by atoms with van der Waals surface area (Å²) < 4.78 is 15.9. The van der Waals surface area contributed by atoms with Crippen LogP contribution in [0, 0.1) is 5.82 Å². The van der Waals surface area contributed by atoms with Gasteiger partial charge in [0.25, 0.3) is 5.56 Å². The molecule has 0 atom stereocenters. The first-order chi connectivity index (χ1) is 13.6. The number of fused-ring (bicyclic) bond motifs is 1. The third kappa shape index (κ3) is 3.50. The Bertz CT molecular complexity index is 1200. The highest BCUT2D eigenvalue weighted by Gasteiger charge is 2.15. The zero-order chi connectivity index (χ0) is 19.5. The second-order valence-electron chi connectivity index (χ2n) is 6.09. The van der Waals surface area contributed by atoms with Crippen molar-refractivity contribution in [1.82, 2.24) is 29.9 Å². The fourth-order valence-electron chi connectivity index (χ4n) is 2.75. The van der Waals surface area contributed by atoms with E-state index in [1.54, 1.807) is 6.07 Å². The van der Waals surface area contributed by atoms with Gasteiger partial charge in [0.15, 0.2) is 11.2 Å². The van der Waals surface area contributed by atoms with Crippen LogP contribution in [0.15, 0.2) is 65.7 Å². The number of rotatable bonds is 5. The second-order valence-corrected chi connectivity index (χ2v) is 6.09. The summed E-state index contributed by atoms with van der Waals surface area (Å²) in [6.07, 6.45) is 1.26. The maximum Gasteiger partial charge on any atom is 0.284 e. The average Bonchev–Trinajstić information content (AvgIpc) is 3.14. The molecule has 2 aromatic carbocycles. The van der Waals surface area contributed by atoms with E-state index in [0.29, 0.717) is 12.2 Å². The Morgan fingerprint density at radius 1 is 1.11 bits per heavy atom. The van der Waals surface area contributed by atoms with E-state index in [1.807, 2.05) is 30.3 Å². The molecule has 2 aromatic heterocycles. The minimum Gasteiger partial charge on any atom is -0.350 e. The van der Waals surface area contributed by atoms with Crippen LogP contribution in [0.4, 0.5) is 4.39 Å². The number of nitrogens with zero attached hydrogens (tertiary/aromatic N) is 5. The monoisotopic (exact) mass is 378 g/mol. The molecule has 4 rings (SSSR count). The second kappa shape index (κ2) is 7.39. The molecule has 2 heterocycles. The van der Waals surface area contributed by atoms with Crippen LogP contribution in [-0.4, -0.2) is 30.5 Å². The standard InChI is InChI=1S/C19H15FN6O2/c20-14-7-4-8-15(9-14)26-18-17(23-24-26)19(28)25(12-22-18)11-16(27)21-10-13-5-2-1-3-6-13/h1-9,12H,10-11H2,(H,21,27). The van der Waals surface area contributed by atoms with Crippen molar-refractivity contribution in [1.29, 1.82) is 0 Å². The molecule has 8 nitrogen and oxygen atoms in total. The Labute approximate surface area is 158 Å². The van der Waals surface area contributed by atoms with Crippen molar-refractivity contribution in [2.75, 3.05) is 0 Å². The maximum atomic E-state index is 13.4. The van der Waals surface area contributed by atoms with E-state index in [4.69, 9.17) is 0 Å². The first kappa shape index (κ1) is 17.5. The molecule has 9 heteroatoms. The van der Waals surface area contributed by atoms with Crippen molar-refractivity contribution in [3.63, 3.8) is 0 Å². The summed E-state index contributed by atoms with van der Waals surface area (Å²) in [5.74, 6) is -0.769. The SMILES string of the molecule is O=C(Cn1cnc2c(nnn2-c2cccc(F)c2)c1=O)NCc1ccccc1. The minimum absolute atomic E-state index is 0.00243. The Morgan fingerprint density at radius 2 is 1.93 bits per heavy atom. The van der Waals surface area contributed by atoms with E-state index in [1.165, 1.54) is 29.2 Å². The lowest BCUT2D eigenvalue weighted by Crippen LogP contribution is -2.32. The zero-order valence-corrected chi connectivity index (χ0v) is 14.6. The molecule has 0 saturated heterocycles. The van der Waals surface area contributed by atoms with Gasteiger partial charge < -0.3 is 5.32 Å². The Hall–Kier alpha value is -3.88. The number of halogens is 1. The maximum absolute atomic E-state index is 13.4. The Morgan fingerprint density at radius 3 is 2.71 bits per heavy atom. The van der Waals surface area contributed by atoms with Crippen LogP contribution < -0.4 is 10.9 Å². The van der Waals surface area contributed by atoms with E-state index < -0.39 is 11.4 Å². The first-order valence-corrected chi connectivity index (χ1v) is 8.49. The van der Waals surface area contributed by atoms with Gasteiger partial charge in [-0.3, -0.25) is 14.2 Å². The number of amides is 1. The summed E-state index contributed by atoms with van der Waals surface area (Å²) >= 11 is 0. The number of aromatic nitrogens is 5. The molecule has 1 N–H and O–H groups in total. The van der Waals surface area contributed by atoms with Crippen molar-refractivity contribution >= 4 is 17.1 Å². The summed E-state index contributed by atoms with van der Waals surface area (Å²) in [5, 5.41) is 10.5. The molecule has 0 bridgehead atoms. The predicted octanol–water partition coefficient (Wildman–Crippen LogP) is 1.43. The predicted molar refractivity (Wildman–Crippen MR) is 99.2 cm³/mol. The van der Waals surface area contributed by atoms with Gasteiger partial charge in [-0.05, 0) is 23.8 Å². The highest BCUT2D eigenvalue weighted by molar-refractivity contribution is 5.76. The van der Waals surface area contributed by atoms with E-state index in [2.05, 4.69) is 20.6 Å². The summed E-state index contributed by atoms with van der Waals surface area (Å²) in [6.45, 7) is 0.168. The van der Waals surface area contributed by atoms with Crippen molar-refractivity contribution < 1.29 is 9.18 Å². The van der Waals surface area contributed by atoms with E-state index in [9.17, 15) is 14.0 Å². The van der Waals surface area contributed by atoms with E-state index >= 15 is 0 Å². The van der Waals surface area contributed by atoms with Gasteiger partial charge >= 0.3 is 0 Å². The first-order valence-electron chi connectivity index (χ1n) is 8.49. The van der Waals surface area contributed by atoms with Crippen molar-refractivity contribution in [3.8, 4) is 5.69 Å². The number of carbonyl (C=O) groups is 1. The van der Waals surface area contributed by atoms with Crippen LogP contribution in [0.2, 0.25) is 0 Å². The number of carbonyl (C=O) groups excluding carboxylic acids is 1. The van der Waals surface area contributed by atoms with Crippen LogP contribution in [0.3, 0.4) is 0 Å². The summed E-state index contributed by atoms with van der Waals surface area (Å²) in [5.41, 5.74) is 1.05. The highest BCUT2D eigenvalue weighted by Crippen LogP contribution is 2.12. The quantitative estimate of drug-likeness (QED) is 0.567. The lowest BCUT2D eigenvalue weighted by atomic mass is 10.2. The van der Waals surface area contributed by atoms with Gasteiger partial charge in [0, 0.05) is 6.54 Å². The molecule has 0 aliphatic carbocycles. The van der Waals surface area contributed by atoms with Crippen LogP contribution in [0.25, 0.3) is 16.9 Å². The molecular formula is C19H15FN6O2. The Balaban J connectivity index is 1.55. The van der Waals surface area contributed by atoms with Gasteiger partial charge in [0.1, 0.15) is 18.7 Å². The molecule has 0 fully saturated rings. The molecule has 28 heavy (non-hydrogen) atoms. The van der Waals surface area contributed by atoms with Crippen LogP contribution >= 0.6 is 0 Å². The molecule has 0 aliphatic heterocycles. The van der Waals surface area contributed by atoms with Crippen molar-refractivity contribution in [3.05, 3.63) is 82.7 Å². The largest absolute Gasteiger partial charge is 0.350 e. The van der Waals surface area contributed by atoms with Crippen LogP contribution in [0.5, 0.6) is 0 Å². The fourth-order valence-corrected chi connectivity index (χ4v) is 2.75. The third-order valence-corrected chi connectivity index (χ3v) is 4.13. The molecule has 0 spiro atoms. The lowest BCUT2D eigenvalue weighted by Gasteiger charge is -2.07. The molecular weight excluding hydrogens is 363 g/mol. The fraction of sp³-hybridized carbons (Fsp3) is 0.105. The molecule has 0 radical (unpaired) electrons. The van der Waals surface area contributed by atoms with Crippen LogP contribution in [0.1, 0.15) is 5.56 Å². The van der Waals surface area contributed by atoms with Crippen molar-refractivity contribution in [2.45, 2.75) is 13.1 Å². The smallest absolute Gasteiger partial charge is 0.284 e. The summed E-state index contributed by atoms with van der Waals surface area (Å²) in [4.78, 5) is 28.9. The van der Waals surface area contributed by atoms with Gasteiger partial charge in [0.05, 0.1) is 5.69 Å². The Kier molecular flexibility index (Phi) is 4.63. The molecule has 140 valence electrons. The third-order valence-electron chi connectivity index (χ3n) is 4.13. The van der Waals surface area contributed by atoms with Gasteiger partial charge in [-0.25, -0.2) is 9.37 Å². The van der Waals surface area contributed by atoms with E-state index in [-0.39, 0.29) is 23.6 Å². The zero-order valence-electron chi connectivity index (χ0n) is 14.6. The normalized spacial score (nSPS) is 10.9. The summed E-state index contributed by atoms with van der Waals surface area (Å²) in [6, 6.07) is 15.2. The average molecular weight is 378 g/mol. The van der Waals surface area contributed by atoms with Gasteiger partial charge in [-0.15, -0.1) is 5.10 Å². The number of benzene rings is 2. The van der Waals surface area contributed by atoms with Gasteiger partial charge in [0.2, 0.25) is 5.91 Å². The van der Waals surface area contributed by atoms with Gasteiger partial charge in [-0.2, -0.15) is 4.68 Å². The minimum atomic E-state index is -0.498. The molecule has 0 saturated carbocycles. The topological polar surface area (TPSA) is 94.7 Å². The number of hydrogen-bond donors (Lipinski definition) is 1. The molecule has 1 amide bonds. The van der Waals surface area contributed by atoms with E-state index in [0.717, 1.165) is 10.1 Å². The number of nitrogens with one attached hydrogen (secondary N) is 1. The number of hydrogen-bond acceptors (Lipinski definition) is 5. The highest BCUT2D eigenvalue weighted by atomic mass is 19.1. The van der Waals surface area contributed by atoms with Crippen molar-refractivity contribution in [2.24, 2.45) is 0 Å². The van der Waals surface area contributed by atoms with Crippen LogP contribution in [-0.2, 0) is 17.9 Å². The molecule has 0 aliphatic rings. The van der Waals surface area contributed by atoms with Gasteiger partial charge in [-0.1, -0.05) is 41.6 Å². The lowest BCUT2D eigenvalue weighted by molar-refractivity contribution is -0.121. The molecule has 0 unspecified atom stereocenters. The summed E-state index contributed by atoms with van der Waals surface area (Å²) in [7, 11) is 0.